The first kappa shape index (κ1) is 46.3. The summed E-state index contributed by atoms with van der Waals surface area (Å²) in [5, 5.41) is 0.216. The van der Waals surface area contributed by atoms with Crippen molar-refractivity contribution in [2.75, 3.05) is 165 Å². The molecule has 0 unspecified atom stereocenters. The smallest absolute Gasteiger partial charge is 0.192 e. The predicted octanol–water partition coefficient (Wildman–Crippen LogP) is 2.84. The van der Waals surface area contributed by atoms with E-state index in [9.17, 15) is 0 Å². The maximum absolute atomic E-state index is 6.08. The molecule has 0 aliphatic rings. The summed E-state index contributed by atoms with van der Waals surface area (Å²) in [7, 11) is -1.70. The average Bonchev–Trinajstić information content (AvgIpc) is 3.03. The Morgan fingerprint density at radius 1 is 0.362 bits per heavy atom. The lowest BCUT2D eigenvalue weighted by atomic mass is 10.2. The molecule has 0 amide bonds. The third kappa shape index (κ3) is 34.9. The molecule has 0 rings (SSSR count). The van der Waals surface area contributed by atoms with Crippen LogP contribution in [0.4, 0.5) is 0 Å². The van der Waals surface area contributed by atoms with Gasteiger partial charge in [0.15, 0.2) is 8.32 Å². The van der Waals surface area contributed by atoms with Crippen molar-refractivity contribution >= 4 is 8.32 Å². The van der Waals surface area contributed by atoms with Crippen LogP contribution in [0, 0.1) is 12.3 Å². The molecule has 0 radical (unpaired) electrons. The van der Waals surface area contributed by atoms with Crippen molar-refractivity contribution in [2.24, 2.45) is 0 Å². The molecule has 0 N–H and O–H groups in total. The minimum Gasteiger partial charge on any atom is -0.414 e. The molecule has 14 heteroatoms. The maximum atomic E-state index is 6.08. The van der Waals surface area contributed by atoms with Crippen LogP contribution in [0.25, 0.3) is 0 Å². The molecular formula is C33H66O13Si. The molecule has 0 aliphatic heterocycles. The van der Waals surface area contributed by atoms with Crippen LogP contribution in [-0.2, 0) is 61.3 Å². The van der Waals surface area contributed by atoms with Gasteiger partial charge in [0.2, 0.25) is 0 Å². The molecule has 0 saturated carbocycles. The lowest BCUT2D eigenvalue weighted by Gasteiger charge is -2.36. The Morgan fingerprint density at radius 3 is 0.745 bits per heavy atom. The Balaban J connectivity index is 3.12. The number of rotatable bonds is 38. The van der Waals surface area contributed by atoms with Gasteiger partial charge < -0.3 is 61.3 Å². The Bertz CT molecular complexity index is 674. The molecule has 0 atom stereocenters. The van der Waals surface area contributed by atoms with Gasteiger partial charge in [0.1, 0.15) is 6.61 Å². The van der Waals surface area contributed by atoms with Gasteiger partial charge in [0, 0.05) is 0 Å². The maximum Gasteiger partial charge on any atom is 0.192 e. The minimum absolute atomic E-state index is 0.216. The first-order chi connectivity index (χ1) is 22.8. The number of hydrogen-bond acceptors (Lipinski definition) is 13. The van der Waals surface area contributed by atoms with E-state index < -0.39 is 8.32 Å². The van der Waals surface area contributed by atoms with E-state index >= 15 is 0 Å². The highest BCUT2D eigenvalue weighted by Gasteiger charge is 2.36. The summed E-state index contributed by atoms with van der Waals surface area (Å²) in [5.74, 6) is 2.40. The van der Waals surface area contributed by atoms with E-state index in [1.165, 1.54) is 0 Å². The Morgan fingerprint density at radius 2 is 0.553 bits per heavy atom. The van der Waals surface area contributed by atoms with E-state index in [1.807, 2.05) is 0 Å². The average molecular weight is 699 g/mol. The van der Waals surface area contributed by atoms with Crippen LogP contribution < -0.4 is 0 Å². The highest BCUT2D eigenvalue weighted by atomic mass is 28.4. The Hall–Kier alpha value is -0.743. The predicted molar refractivity (Wildman–Crippen MR) is 182 cm³/mol. The topological polar surface area (TPSA) is 120 Å². The third-order valence-electron chi connectivity index (χ3n) is 6.77. The van der Waals surface area contributed by atoms with Crippen LogP contribution in [0.1, 0.15) is 20.8 Å². The van der Waals surface area contributed by atoms with Gasteiger partial charge in [-0.3, -0.25) is 0 Å². The fourth-order valence-electron chi connectivity index (χ4n) is 3.12. The van der Waals surface area contributed by atoms with Gasteiger partial charge in [-0.05, 0) is 18.1 Å². The van der Waals surface area contributed by atoms with Crippen LogP contribution >= 0.6 is 0 Å². The summed E-state index contributed by atoms with van der Waals surface area (Å²) in [4.78, 5) is 0. The van der Waals surface area contributed by atoms with E-state index in [-0.39, 0.29) is 5.04 Å². The molecule has 0 fully saturated rings. The van der Waals surface area contributed by atoms with Crippen LogP contribution in [0.15, 0.2) is 0 Å². The zero-order chi connectivity index (χ0) is 34.6. The molecule has 0 aromatic carbocycles. The third-order valence-corrected chi connectivity index (χ3v) is 11.3. The van der Waals surface area contributed by atoms with Crippen molar-refractivity contribution in [3.63, 3.8) is 0 Å². The number of hydrogen-bond donors (Lipinski definition) is 0. The van der Waals surface area contributed by atoms with Crippen molar-refractivity contribution in [3.8, 4) is 12.3 Å². The van der Waals surface area contributed by atoms with Crippen LogP contribution in [0.5, 0.6) is 0 Å². The van der Waals surface area contributed by atoms with E-state index in [0.717, 1.165) is 0 Å². The zero-order valence-corrected chi connectivity index (χ0v) is 31.1. The summed E-state index contributed by atoms with van der Waals surface area (Å²) in [5.41, 5.74) is 0. The number of terminal acetylenes is 1. The molecule has 280 valence electrons. The molecule has 0 aliphatic carbocycles. The van der Waals surface area contributed by atoms with Gasteiger partial charge in [-0.25, -0.2) is 0 Å². The first-order valence-electron chi connectivity index (χ1n) is 16.8. The zero-order valence-electron chi connectivity index (χ0n) is 30.1. The van der Waals surface area contributed by atoms with Crippen molar-refractivity contribution < 1.29 is 61.3 Å². The largest absolute Gasteiger partial charge is 0.414 e. The fraction of sp³-hybridized carbons (Fsp3) is 0.939. The monoisotopic (exact) mass is 698 g/mol. The first-order valence-corrected chi connectivity index (χ1v) is 19.7. The Labute approximate surface area is 285 Å². The van der Waals surface area contributed by atoms with Crippen molar-refractivity contribution in [1.82, 2.24) is 0 Å². The minimum atomic E-state index is -1.70. The van der Waals surface area contributed by atoms with Gasteiger partial charge >= 0.3 is 0 Å². The second kappa shape index (κ2) is 35.1. The van der Waals surface area contributed by atoms with Gasteiger partial charge in [0.05, 0.1) is 159 Å². The van der Waals surface area contributed by atoms with E-state index in [2.05, 4.69) is 39.8 Å². The van der Waals surface area contributed by atoms with Crippen LogP contribution in [0.2, 0.25) is 18.1 Å². The quantitative estimate of drug-likeness (QED) is 0.0535. The van der Waals surface area contributed by atoms with E-state index in [1.54, 1.807) is 0 Å². The normalized spacial score (nSPS) is 12.2. The van der Waals surface area contributed by atoms with Gasteiger partial charge in [0.25, 0.3) is 0 Å². The van der Waals surface area contributed by atoms with Gasteiger partial charge in [-0.2, -0.15) is 0 Å². The van der Waals surface area contributed by atoms with Crippen molar-refractivity contribution in [1.29, 1.82) is 0 Å². The van der Waals surface area contributed by atoms with Gasteiger partial charge in [-0.1, -0.05) is 26.7 Å². The molecule has 0 aromatic heterocycles. The molecule has 0 saturated heterocycles. The van der Waals surface area contributed by atoms with Gasteiger partial charge in [-0.15, -0.1) is 6.42 Å². The van der Waals surface area contributed by atoms with E-state index in [4.69, 9.17) is 67.7 Å². The molecular weight excluding hydrogens is 632 g/mol. The summed E-state index contributed by atoms with van der Waals surface area (Å²) in [6.45, 7) is 24.1. The summed E-state index contributed by atoms with van der Waals surface area (Å²) in [6.07, 6.45) is 5.08. The van der Waals surface area contributed by atoms with Crippen molar-refractivity contribution in [3.05, 3.63) is 0 Å². The highest BCUT2D eigenvalue weighted by Crippen LogP contribution is 2.36. The Kier molecular flexibility index (Phi) is 34.5. The summed E-state index contributed by atoms with van der Waals surface area (Å²) in [6, 6.07) is 0. The number of ether oxygens (including phenoxy) is 12. The van der Waals surface area contributed by atoms with E-state index in [0.29, 0.717) is 165 Å². The van der Waals surface area contributed by atoms with Crippen LogP contribution in [-0.4, -0.2) is 173 Å². The second-order valence-corrected chi connectivity index (χ2v) is 16.4. The molecule has 0 spiro atoms. The summed E-state index contributed by atoms with van der Waals surface area (Å²) >= 11 is 0. The molecule has 0 bridgehead atoms. The molecule has 0 aromatic rings. The van der Waals surface area contributed by atoms with Crippen molar-refractivity contribution in [2.45, 2.75) is 38.9 Å². The standard InChI is InChI=1S/C33H66O13Si/c1-7-8-34-9-10-35-11-12-36-13-14-37-15-16-38-17-18-39-19-20-40-21-22-41-23-24-42-25-26-43-27-28-44-29-30-45-31-32-46-47(5,6)33(2,3)4/h1H,8-32H2,2-6H3. The molecule has 0 heterocycles. The molecule has 47 heavy (non-hydrogen) atoms. The molecule has 13 nitrogen and oxygen atoms in total. The lowest BCUT2D eigenvalue weighted by molar-refractivity contribution is -0.0283. The summed E-state index contributed by atoms with van der Waals surface area (Å²) < 4.78 is 71.4. The SMILES string of the molecule is C#CCOCCOCCOCCOCCOCCOCCOCCOCCOCCOCCOCCOCCO[Si](C)(C)C(C)(C)C. The van der Waals surface area contributed by atoms with Crippen LogP contribution in [0.3, 0.4) is 0 Å². The fourth-order valence-corrected chi connectivity index (χ4v) is 4.15. The lowest BCUT2D eigenvalue weighted by Crippen LogP contribution is -2.41. The second-order valence-electron chi connectivity index (χ2n) is 11.6. The highest BCUT2D eigenvalue weighted by molar-refractivity contribution is 6.74.